The van der Waals surface area contributed by atoms with E-state index < -0.39 is 0 Å². The number of nitrogens with one attached hydrogen (secondary N) is 1. The van der Waals surface area contributed by atoms with Gasteiger partial charge in [-0.1, -0.05) is 11.6 Å². The number of aromatic nitrogens is 3. The van der Waals surface area contributed by atoms with E-state index >= 15 is 0 Å². The molecule has 0 saturated heterocycles. The lowest BCUT2D eigenvalue weighted by molar-refractivity contribution is 0.102. The predicted octanol–water partition coefficient (Wildman–Crippen LogP) is 2.34. The topological polar surface area (TPSA) is 59.8 Å². The van der Waals surface area contributed by atoms with Crippen LogP contribution in [0.15, 0.2) is 18.3 Å². The summed E-state index contributed by atoms with van der Waals surface area (Å²) in [5.74, 6) is 0.324. The summed E-state index contributed by atoms with van der Waals surface area (Å²) in [6.07, 6.45) is 1.47. The summed E-state index contributed by atoms with van der Waals surface area (Å²) in [5, 5.41) is 7.28. The van der Waals surface area contributed by atoms with Crippen LogP contribution in [0, 0.1) is 13.8 Å². The smallest absolute Gasteiger partial charge is 0.259 e. The van der Waals surface area contributed by atoms with Gasteiger partial charge in [0.2, 0.25) is 0 Å². The molecule has 0 radical (unpaired) electrons. The second kappa shape index (κ2) is 4.78. The monoisotopic (exact) mass is 264 g/mol. The number of nitrogens with zero attached hydrogens (tertiary/aromatic N) is 3. The Morgan fingerprint density at radius 1 is 1.33 bits per heavy atom. The zero-order valence-electron chi connectivity index (χ0n) is 10.4. The molecule has 18 heavy (non-hydrogen) atoms. The molecule has 0 unspecified atom stereocenters. The maximum atomic E-state index is 12.0. The Labute approximate surface area is 110 Å². The first-order valence-electron chi connectivity index (χ1n) is 5.41. The normalized spacial score (nSPS) is 10.4. The molecule has 0 spiro atoms. The zero-order chi connectivity index (χ0) is 13.3. The minimum Gasteiger partial charge on any atom is -0.307 e. The molecule has 2 rings (SSSR count). The number of pyridine rings is 1. The highest BCUT2D eigenvalue weighted by molar-refractivity contribution is 6.34. The van der Waals surface area contributed by atoms with Gasteiger partial charge in [-0.05, 0) is 19.9 Å². The molecule has 2 aromatic rings. The van der Waals surface area contributed by atoms with Crippen LogP contribution in [0.5, 0.6) is 0 Å². The minimum atomic E-state index is -0.296. The summed E-state index contributed by atoms with van der Waals surface area (Å²) in [4.78, 5) is 16.1. The number of anilines is 1. The van der Waals surface area contributed by atoms with Gasteiger partial charge in [0.05, 0.1) is 16.3 Å². The van der Waals surface area contributed by atoms with Crippen molar-refractivity contribution in [2.45, 2.75) is 13.8 Å². The summed E-state index contributed by atoms with van der Waals surface area (Å²) < 4.78 is 1.60. The zero-order valence-corrected chi connectivity index (χ0v) is 11.1. The third-order valence-corrected chi connectivity index (χ3v) is 2.79. The second-order valence-corrected chi connectivity index (χ2v) is 4.46. The van der Waals surface area contributed by atoms with Gasteiger partial charge in [0.1, 0.15) is 5.82 Å². The molecule has 94 valence electrons. The standard InChI is InChI=1S/C12H13ClN4O/c1-7-4-10(13)9(6-14-7)12(18)15-11-5-8(2)16-17(11)3/h4-6H,1-3H3,(H,15,18). The maximum Gasteiger partial charge on any atom is 0.259 e. The Hall–Kier alpha value is -1.88. The van der Waals surface area contributed by atoms with Crippen molar-refractivity contribution in [2.75, 3.05) is 5.32 Å². The highest BCUT2D eigenvalue weighted by Crippen LogP contribution is 2.17. The molecular formula is C12H13ClN4O. The predicted molar refractivity (Wildman–Crippen MR) is 69.9 cm³/mol. The molecule has 0 aliphatic heterocycles. The first kappa shape index (κ1) is 12.6. The fraction of sp³-hybridized carbons (Fsp3) is 0.250. The minimum absolute atomic E-state index is 0.296. The largest absolute Gasteiger partial charge is 0.307 e. The van der Waals surface area contributed by atoms with Crippen molar-refractivity contribution in [2.24, 2.45) is 7.05 Å². The third kappa shape index (κ3) is 2.51. The highest BCUT2D eigenvalue weighted by Gasteiger charge is 2.13. The number of aryl methyl sites for hydroxylation is 3. The lowest BCUT2D eigenvalue weighted by Crippen LogP contribution is -2.15. The highest BCUT2D eigenvalue weighted by atomic mass is 35.5. The Kier molecular flexibility index (Phi) is 3.34. The van der Waals surface area contributed by atoms with E-state index in [1.807, 2.05) is 13.8 Å². The number of hydrogen-bond donors (Lipinski definition) is 1. The Morgan fingerprint density at radius 2 is 2.06 bits per heavy atom. The number of amides is 1. The lowest BCUT2D eigenvalue weighted by atomic mass is 10.2. The van der Waals surface area contributed by atoms with Gasteiger partial charge in [-0.25, -0.2) is 0 Å². The molecule has 2 heterocycles. The van der Waals surface area contributed by atoms with Crippen LogP contribution in [0.2, 0.25) is 5.02 Å². The summed E-state index contributed by atoms with van der Waals surface area (Å²) in [6.45, 7) is 3.67. The van der Waals surface area contributed by atoms with Crippen molar-refractivity contribution in [3.8, 4) is 0 Å². The summed E-state index contributed by atoms with van der Waals surface area (Å²) in [7, 11) is 1.76. The van der Waals surface area contributed by atoms with Gasteiger partial charge in [-0.15, -0.1) is 0 Å². The Balaban J connectivity index is 2.24. The number of carbonyl (C=O) groups excluding carboxylic acids is 1. The molecule has 0 bridgehead atoms. The van der Waals surface area contributed by atoms with Crippen LogP contribution in [0.3, 0.4) is 0 Å². The molecule has 0 saturated carbocycles. The van der Waals surface area contributed by atoms with Crippen molar-refractivity contribution in [1.29, 1.82) is 0 Å². The molecule has 5 nitrogen and oxygen atoms in total. The van der Waals surface area contributed by atoms with E-state index in [9.17, 15) is 4.79 Å². The average Bonchev–Trinajstić information content (AvgIpc) is 2.57. The van der Waals surface area contributed by atoms with Gasteiger partial charge in [-0.2, -0.15) is 5.10 Å². The van der Waals surface area contributed by atoms with Crippen molar-refractivity contribution in [3.05, 3.63) is 40.3 Å². The van der Waals surface area contributed by atoms with Crippen LogP contribution in [-0.2, 0) is 7.05 Å². The number of hydrogen-bond acceptors (Lipinski definition) is 3. The van der Waals surface area contributed by atoms with Crippen molar-refractivity contribution < 1.29 is 4.79 Å². The summed E-state index contributed by atoms with van der Waals surface area (Å²) >= 11 is 6.01. The fourth-order valence-electron chi connectivity index (χ4n) is 1.60. The second-order valence-electron chi connectivity index (χ2n) is 4.05. The number of carbonyl (C=O) groups is 1. The van der Waals surface area contributed by atoms with Crippen molar-refractivity contribution >= 4 is 23.3 Å². The van der Waals surface area contributed by atoms with Crippen LogP contribution >= 0.6 is 11.6 Å². The molecule has 0 aliphatic rings. The van der Waals surface area contributed by atoms with E-state index in [0.29, 0.717) is 16.4 Å². The van der Waals surface area contributed by atoms with Crippen molar-refractivity contribution in [1.82, 2.24) is 14.8 Å². The van der Waals surface area contributed by atoms with Gasteiger partial charge in [0.25, 0.3) is 5.91 Å². The quantitative estimate of drug-likeness (QED) is 0.906. The molecule has 1 amide bonds. The first-order valence-corrected chi connectivity index (χ1v) is 5.79. The van der Waals surface area contributed by atoms with Crippen LogP contribution in [0.1, 0.15) is 21.7 Å². The van der Waals surface area contributed by atoms with Crippen LogP contribution < -0.4 is 5.32 Å². The molecule has 1 N–H and O–H groups in total. The maximum absolute atomic E-state index is 12.0. The first-order chi connectivity index (χ1) is 8.47. The molecular weight excluding hydrogens is 252 g/mol. The van der Waals surface area contributed by atoms with E-state index in [2.05, 4.69) is 15.4 Å². The Bertz CT molecular complexity index is 606. The third-order valence-electron chi connectivity index (χ3n) is 2.48. The van der Waals surface area contributed by atoms with Gasteiger partial charge < -0.3 is 5.32 Å². The Morgan fingerprint density at radius 3 is 2.61 bits per heavy atom. The van der Waals surface area contributed by atoms with E-state index in [1.165, 1.54) is 6.20 Å². The number of halogens is 1. The molecule has 0 fully saturated rings. The average molecular weight is 265 g/mol. The summed E-state index contributed by atoms with van der Waals surface area (Å²) in [5.41, 5.74) is 1.95. The van der Waals surface area contributed by atoms with Crippen LogP contribution in [0.4, 0.5) is 5.82 Å². The number of rotatable bonds is 2. The molecule has 0 aromatic carbocycles. The molecule has 0 atom stereocenters. The van der Waals surface area contributed by atoms with E-state index in [-0.39, 0.29) is 5.91 Å². The SMILES string of the molecule is Cc1cc(Cl)c(C(=O)Nc2cc(C)nn2C)cn1. The van der Waals surface area contributed by atoms with E-state index in [4.69, 9.17) is 11.6 Å². The molecule has 6 heteroatoms. The van der Waals surface area contributed by atoms with Crippen molar-refractivity contribution in [3.63, 3.8) is 0 Å². The fourth-order valence-corrected chi connectivity index (χ4v) is 1.90. The summed E-state index contributed by atoms with van der Waals surface area (Å²) in [6, 6.07) is 3.44. The molecule has 0 aliphatic carbocycles. The van der Waals surface area contributed by atoms with Gasteiger partial charge in [-0.3, -0.25) is 14.5 Å². The van der Waals surface area contributed by atoms with E-state index in [1.54, 1.807) is 23.9 Å². The van der Waals surface area contributed by atoms with Gasteiger partial charge >= 0.3 is 0 Å². The van der Waals surface area contributed by atoms with Gasteiger partial charge in [0.15, 0.2) is 0 Å². The molecule has 2 aromatic heterocycles. The van der Waals surface area contributed by atoms with Crippen LogP contribution in [0.25, 0.3) is 0 Å². The van der Waals surface area contributed by atoms with Crippen LogP contribution in [-0.4, -0.2) is 20.7 Å². The van der Waals surface area contributed by atoms with E-state index in [0.717, 1.165) is 11.4 Å². The van der Waals surface area contributed by atoms with Gasteiger partial charge in [0, 0.05) is 25.0 Å². The lowest BCUT2D eigenvalue weighted by Gasteiger charge is -2.06.